The van der Waals surface area contributed by atoms with Crippen molar-refractivity contribution < 1.29 is 22.7 Å². The van der Waals surface area contributed by atoms with Crippen molar-refractivity contribution in [2.75, 3.05) is 45.2 Å². The fourth-order valence-corrected chi connectivity index (χ4v) is 4.28. The van der Waals surface area contributed by atoms with Crippen LogP contribution in [0.15, 0.2) is 17.0 Å². The van der Waals surface area contributed by atoms with Crippen molar-refractivity contribution in [3.8, 4) is 11.5 Å². The van der Waals surface area contributed by atoms with Gasteiger partial charge in [0, 0.05) is 31.8 Å². The van der Waals surface area contributed by atoms with E-state index >= 15 is 0 Å². The molecule has 2 aliphatic rings. The Bertz CT molecular complexity index is 711. The van der Waals surface area contributed by atoms with Crippen molar-refractivity contribution in [3.63, 3.8) is 0 Å². The topological polar surface area (TPSA) is 97.0 Å². The van der Waals surface area contributed by atoms with E-state index in [2.05, 4.69) is 10.6 Å². The van der Waals surface area contributed by atoms with Gasteiger partial charge in [0.05, 0.1) is 12.8 Å². The third-order valence-corrected chi connectivity index (χ3v) is 5.74. The quantitative estimate of drug-likeness (QED) is 0.804. The molecule has 0 bridgehead atoms. The summed E-state index contributed by atoms with van der Waals surface area (Å²) in [6, 6.07) is 2.90. The molecule has 1 aromatic rings. The standard InChI is InChI=1S/C14H19N3O5S/c1-21-12-7-10-11(22-9-14(18)16-10)8-13(12)23(19,20)17-5-2-3-15-4-6-17/h7-8,15H,2-6,9H2,1H3,(H,16,18). The number of amides is 1. The van der Waals surface area contributed by atoms with Gasteiger partial charge < -0.3 is 20.1 Å². The zero-order valence-corrected chi connectivity index (χ0v) is 13.6. The van der Waals surface area contributed by atoms with Crippen molar-refractivity contribution in [2.45, 2.75) is 11.3 Å². The molecule has 9 heteroatoms. The van der Waals surface area contributed by atoms with E-state index in [0.717, 1.165) is 13.0 Å². The number of nitrogens with zero attached hydrogens (tertiary/aromatic N) is 1. The molecule has 0 aliphatic carbocycles. The first-order valence-electron chi connectivity index (χ1n) is 7.38. The third-order valence-electron chi connectivity index (χ3n) is 3.82. The SMILES string of the molecule is COc1cc2c(cc1S(=O)(=O)N1CCCNCC1)OCC(=O)N2. The van der Waals surface area contributed by atoms with E-state index in [4.69, 9.17) is 9.47 Å². The summed E-state index contributed by atoms with van der Waals surface area (Å²) >= 11 is 0. The maximum Gasteiger partial charge on any atom is 0.262 e. The number of carbonyl (C=O) groups excluding carboxylic acids is 1. The first kappa shape index (κ1) is 16.0. The highest BCUT2D eigenvalue weighted by atomic mass is 32.2. The zero-order chi connectivity index (χ0) is 16.4. The number of hydrogen-bond acceptors (Lipinski definition) is 6. The van der Waals surface area contributed by atoms with E-state index in [-0.39, 0.29) is 23.2 Å². The lowest BCUT2D eigenvalue weighted by molar-refractivity contribution is -0.118. The minimum absolute atomic E-state index is 0.0526. The summed E-state index contributed by atoms with van der Waals surface area (Å²) in [6.07, 6.45) is 0.749. The van der Waals surface area contributed by atoms with Gasteiger partial charge in [-0.2, -0.15) is 4.31 Å². The number of carbonyl (C=O) groups is 1. The predicted molar refractivity (Wildman–Crippen MR) is 83.4 cm³/mol. The van der Waals surface area contributed by atoms with Gasteiger partial charge in [0.15, 0.2) is 6.61 Å². The molecule has 1 aromatic carbocycles. The van der Waals surface area contributed by atoms with Crippen LogP contribution in [0.5, 0.6) is 11.5 Å². The monoisotopic (exact) mass is 341 g/mol. The average molecular weight is 341 g/mol. The highest BCUT2D eigenvalue weighted by molar-refractivity contribution is 7.89. The lowest BCUT2D eigenvalue weighted by Crippen LogP contribution is -2.34. The minimum Gasteiger partial charge on any atom is -0.495 e. The Morgan fingerprint density at radius 2 is 2.09 bits per heavy atom. The van der Waals surface area contributed by atoms with Crippen molar-refractivity contribution in [2.24, 2.45) is 0 Å². The molecule has 1 saturated heterocycles. The van der Waals surface area contributed by atoms with E-state index < -0.39 is 10.0 Å². The molecule has 2 N–H and O–H groups in total. The van der Waals surface area contributed by atoms with Crippen LogP contribution < -0.4 is 20.1 Å². The number of sulfonamides is 1. The molecule has 8 nitrogen and oxygen atoms in total. The Morgan fingerprint density at radius 3 is 2.87 bits per heavy atom. The molecule has 2 aliphatic heterocycles. The van der Waals surface area contributed by atoms with E-state index in [0.29, 0.717) is 31.1 Å². The molecule has 126 valence electrons. The summed E-state index contributed by atoms with van der Waals surface area (Å²) in [4.78, 5) is 11.4. The third kappa shape index (κ3) is 3.12. The number of methoxy groups -OCH3 is 1. The fraction of sp³-hybridized carbons (Fsp3) is 0.500. The molecule has 3 rings (SSSR count). The molecule has 1 fully saturated rings. The molecule has 1 amide bonds. The van der Waals surface area contributed by atoms with Crippen LogP contribution in [0, 0.1) is 0 Å². The molecule has 0 radical (unpaired) electrons. The van der Waals surface area contributed by atoms with Gasteiger partial charge in [-0.1, -0.05) is 0 Å². The highest BCUT2D eigenvalue weighted by Gasteiger charge is 2.31. The second kappa shape index (κ2) is 6.34. The molecule has 0 saturated carbocycles. The largest absolute Gasteiger partial charge is 0.495 e. The smallest absolute Gasteiger partial charge is 0.262 e. The molecule has 2 heterocycles. The average Bonchev–Trinajstić information content (AvgIpc) is 2.83. The second-order valence-corrected chi connectivity index (χ2v) is 7.25. The summed E-state index contributed by atoms with van der Waals surface area (Å²) in [6.45, 7) is 2.13. The molecular weight excluding hydrogens is 322 g/mol. The van der Waals surface area contributed by atoms with Crippen molar-refractivity contribution in [3.05, 3.63) is 12.1 Å². The number of benzene rings is 1. The van der Waals surface area contributed by atoms with Crippen LogP contribution in [0.25, 0.3) is 0 Å². The summed E-state index contributed by atoms with van der Waals surface area (Å²) in [7, 11) is -2.30. The van der Waals surface area contributed by atoms with Crippen LogP contribution in [0.2, 0.25) is 0 Å². The van der Waals surface area contributed by atoms with Crippen LogP contribution in [-0.4, -0.2) is 58.5 Å². The van der Waals surface area contributed by atoms with Gasteiger partial charge in [0.1, 0.15) is 16.4 Å². The first-order chi connectivity index (χ1) is 11.0. The normalized spacial score (nSPS) is 19.3. The van der Waals surface area contributed by atoms with Gasteiger partial charge in [-0.25, -0.2) is 8.42 Å². The van der Waals surface area contributed by atoms with Gasteiger partial charge in [-0.15, -0.1) is 0 Å². The molecule has 0 unspecified atom stereocenters. The van der Waals surface area contributed by atoms with Gasteiger partial charge in [-0.3, -0.25) is 4.79 Å². The summed E-state index contributed by atoms with van der Waals surface area (Å²) < 4.78 is 37.9. The van der Waals surface area contributed by atoms with Crippen molar-refractivity contribution >= 4 is 21.6 Å². The second-order valence-electron chi connectivity index (χ2n) is 5.34. The van der Waals surface area contributed by atoms with Crippen LogP contribution in [0.4, 0.5) is 5.69 Å². The van der Waals surface area contributed by atoms with Gasteiger partial charge in [0.2, 0.25) is 10.0 Å². The van der Waals surface area contributed by atoms with Crippen LogP contribution >= 0.6 is 0 Å². The Hall–Kier alpha value is -1.84. The fourth-order valence-electron chi connectivity index (χ4n) is 2.65. The summed E-state index contributed by atoms with van der Waals surface area (Å²) in [5.74, 6) is 0.234. The van der Waals surface area contributed by atoms with E-state index in [9.17, 15) is 13.2 Å². The van der Waals surface area contributed by atoms with E-state index in [1.165, 1.54) is 23.5 Å². The molecule has 0 atom stereocenters. The minimum atomic E-state index is -3.70. The number of fused-ring (bicyclic) bond motifs is 1. The van der Waals surface area contributed by atoms with Crippen LogP contribution in [-0.2, 0) is 14.8 Å². The predicted octanol–water partition coefficient (Wildman–Crippen LogP) is 0.0101. The Morgan fingerprint density at radius 1 is 1.26 bits per heavy atom. The summed E-state index contributed by atoms with van der Waals surface area (Å²) in [5.41, 5.74) is 0.412. The van der Waals surface area contributed by atoms with Crippen molar-refractivity contribution in [1.82, 2.24) is 9.62 Å². The highest BCUT2D eigenvalue weighted by Crippen LogP contribution is 2.38. The maximum absolute atomic E-state index is 12.9. The Labute approximate surface area is 134 Å². The molecular formula is C14H19N3O5S. The van der Waals surface area contributed by atoms with Gasteiger partial charge in [-0.05, 0) is 13.0 Å². The molecule has 0 aromatic heterocycles. The molecule has 23 heavy (non-hydrogen) atoms. The lowest BCUT2D eigenvalue weighted by atomic mass is 10.2. The number of rotatable bonds is 3. The number of hydrogen-bond donors (Lipinski definition) is 2. The van der Waals surface area contributed by atoms with Crippen LogP contribution in [0.3, 0.4) is 0 Å². The van der Waals surface area contributed by atoms with Crippen molar-refractivity contribution in [1.29, 1.82) is 0 Å². The Kier molecular flexibility index (Phi) is 4.42. The Balaban J connectivity index is 2.02. The number of nitrogens with one attached hydrogen (secondary N) is 2. The van der Waals surface area contributed by atoms with Crippen LogP contribution in [0.1, 0.15) is 6.42 Å². The summed E-state index contributed by atoms with van der Waals surface area (Å²) in [5, 5.41) is 5.82. The van der Waals surface area contributed by atoms with Gasteiger partial charge >= 0.3 is 0 Å². The van der Waals surface area contributed by atoms with E-state index in [1.807, 2.05) is 0 Å². The molecule has 0 spiro atoms. The zero-order valence-electron chi connectivity index (χ0n) is 12.8. The van der Waals surface area contributed by atoms with Gasteiger partial charge in [0.25, 0.3) is 5.91 Å². The van der Waals surface area contributed by atoms with E-state index in [1.54, 1.807) is 0 Å². The number of anilines is 1. The first-order valence-corrected chi connectivity index (χ1v) is 8.82. The lowest BCUT2D eigenvalue weighted by Gasteiger charge is -2.24. The maximum atomic E-state index is 12.9. The number of ether oxygens (including phenoxy) is 2.